The normalized spacial score (nSPS) is 18.0. The SMILES string of the molecule is CCn1cnnc1[C@H]1CN(C(=O)c2oc3ccccc3c2C)CCO1. The number of hydrogen-bond acceptors (Lipinski definition) is 5. The summed E-state index contributed by atoms with van der Waals surface area (Å²) in [5.41, 5.74) is 1.61. The monoisotopic (exact) mass is 340 g/mol. The molecule has 1 fully saturated rings. The quantitative estimate of drug-likeness (QED) is 0.733. The number of carbonyl (C=O) groups excluding carboxylic acids is 1. The average molecular weight is 340 g/mol. The Morgan fingerprint density at radius 2 is 2.20 bits per heavy atom. The molecule has 0 unspecified atom stereocenters. The minimum Gasteiger partial charge on any atom is -0.451 e. The van der Waals surface area contributed by atoms with Crippen LogP contribution in [0.25, 0.3) is 11.0 Å². The van der Waals surface area contributed by atoms with Gasteiger partial charge in [-0.25, -0.2) is 0 Å². The summed E-state index contributed by atoms with van der Waals surface area (Å²) >= 11 is 0. The number of carbonyl (C=O) groups is 1. The molecule has 130 valence electrons. The minimum absolute atomic E-state index is 0.107. The van der Waals surface area contributed by atoms with E-state index < -0.39 is 0 Å². The molecule has 2 aromatic heterocycles. The summed E-state index contributed by atoms with van der Waals surface area (Å²) in [7, 11) is 0. The van der Waals surface area contributed by atoms with Crippen LogP contribution in [0.1, 0.15) is 35.0 Å². The predicted octanol–water partition coefficient (Wildman–Crippen LogP) is 2.57. The Morgan fingerprint density at radius 3 is 3.00 bits per heavy atom. The summed E-state index contributed by atoms with van der Waals surface area (Å²) in [6.07, 6.45) is 1.41. The molecule has 1 saturated heterocycles. The molecule has 25 heavy (non-hydrogen) atoms. The van der Waals surface area contributed by atoms with Crippen LogP contribution < -0.4 is 0 Å². The van der Waals surface area contributed by atoms with Crippen LogP contribution >= 0.6 is 0 Å². The van der Waals surface area contributed by atoms with Crippen LogP contribution in [0.2, 0.25) is 0 Å². The number of morpholine rings is 1. The Morgan fingerprint density at radius 1 is 1.36 bits per heavy atom. The van der Waals surface area contributed by atoms with E-state index in [4.69, 9.17) is 9.15 Å². The van der Waals surface area contributed by atoms with Gasteiger partial charge in [-0.05, 0) is 19.9 Å². The highest BCUT2D eigenvalue weighted by Crippen LogP contribution is 2.28. The van der Waals surface area contributed by atoms with E-state index >= 15 is 0 Å². The number of aryl methyl sites for hydroxylation is 2. The van der Waals surface area contributed by atoms with Gasteiger partial charge in [-0.2, -0.15) is 0 Å². The second-order valence-corrected chi connectivity index (χ2v) is 6.14. The number of amides is 1. The first-order valence-corrected chi connectivity index (χ1v) is 8.45. The van der Waals surface area contributed by atoms with Crippen molar-refractivity contribution in [3.05, 3.63) is 47.7 Å². The van der Waals surface area contributed by atoms with Gasteiger partial charge in [0.2, 0.25) is 0 Å². The number of aromatic nitrogens is 3. The standard InChI is InChI=1S/C18H20N4O3/c1-3-21-11-19-20-17(21)15-10-22(8-9-24-15)18(23)16-12(2)13-6-4-5-7-14(13)25-16/h4-7,11,15H,3,8-10H2,1-2H3/t15-/m1/s1. The van der Waals surface area contributed by atoms with Gasteiger partial charge in [-0.1, -0.05) is 18.2 Å². The number of ether oxygens (including phenoxy) is 1. The van der Waals surface area contributed by atoms with Gasteiger partial charge in [0.25, 0.3) is 5.91 Å². The van der Waals surface area contributed by atoms with Crippen LogP contribution in [0, 0.1) is 6.92 Å². The van der Waals surface area contributed by atoms with Crippen LogP contribution in [0.15, 0.2) is 35.0 Å². The fourth-order valence-corrected chi connectivity index (χ4v) is 3.27. The van der Waals surface area contributed by atoms with E-state index in [0.717, 1.165) is 28.9 Å². The molecule has 0 saturated carbocycles. The fourth-order valence-electron chi connectivity index (χ4n) is 3.27. The lowest BCUT2D eigenvalue weighted by Crippen LogP contribution is -2.43. The molecule has 3 aromatic rings. The first-order chi connectivity index (χ1) is 12.2. The lowest BCUT2D eigenvalue weighted by molar-refractivity contribution is -0.0292. The van der Waals surface area contributed by atoms with Crippen LogP contribution in [-0.2, 0) is 11.3 Å². The van der Waals surface area contributed by atoms with E-state index in [1.54, 1.807) is 11.2 Å². The van der Waals surface area contributed by atoms with E-state index in [2.05, 4.69) is 10.2 Å². The van der Waals surface area contributed by atoms with Gasteiger partial charge in [0.05, 0.1) is 13.2 Å². The van der Waals surface area contributed by atoms with Gasteiger partial charge in [-0.3, -0.25) is 4.79 Å². The molecule has 0 N–H and O–H groups in total. The van der Waals surface area contributed by atoms with E-state index in [-0.39, 0.29) is 12.0 Å². The zero-order chi connectivity index (χ0) is 17.4. The topological polar surface area (TPSA) is 73.4 Å². The summed E-state index contributed by atoms with van der Waals surface area (Å²) in [5, 5.41) is 9.08. The number of furan rings is 1. The summed E-state index contributed by atoms with van der Waals surface area (Å²) < 4.78 is 13.6. The van der Waals surface area contributed by atoms with E-state index in [0.29, 0.717) is 25.5 Å². The molecule has 3 heterocycles. The third-order valence-corrected chi connectivity index (χ3v) is 4.67. The van der Waals surface area contributed by atoms with Crippen molar-refractivity contribution in [2.75, 3.05) is 19.7 Å². The van der Waals surface area contributed by atoms with E-state index in [9.17, 15) is 4.79 Å². The Bertz CT molecular complexity index is 914. The van der Waals surface area contributed by atoms with Gasteiger partial charge >= 0.3 is 0 Å². The molecule has 0 radical (unpaired) electrons. The first kappa shape index (κ1) is 15.8. The van der Waals surface area contributed by atoms with Crippen molar-refractivity contribution in [2.24, 2.45) is 0 Å². The molecule has 7 heteroatoms. The summed E-state index contributed by atoms with van der Waals surface area (Å²) in [6.45, 7) is 6.15. The maximum atomic E-state index is 13.0. The Balaban J connectivity index is 1.60. The molecular weight excluding hydrogens is 320 g/mol. The molecular formula is C18H20N4O3. The largest absolute Gasteiger partial charge is 0.451 e. The Labute approximate surface area is 145 Å². The Kier molecular flexibility index (Phi) is 4.01. The van der Waals surface area contributed by atoms with Crippen LogP contribution in [0.3, 0.4) is 0 Å². The predicted molar refractivity (Wildman–Crippen MR) is 91.2 cm³/mol. The van der Waals surface area contributed by atoms with Crippen molar-refractivity contribution in [1.82, 2.24) is 19.7 Å². The number of fused-ring (bicyclic) bond motifs is 1. The van der Waals surface area contributed by atoms with Crippen molar-refractivity contribution < 1.29 is 13.9 Å². The zero-order valence-corrected chi connectivity index (χ0v) is 14.3. The average Bonchev–Trinajstić information content (AvgIpc) is 3.26. The molecule has 7 nitrogen and oxygen atoms in total. The molecule has 0 spiro atoms. The maximum absolute atomic E-state index is 13.0. The second-order valence-electron chi connectivity index (χ2n) is 6.14. The van der Waals surface area contributed by atoms with Crippen LogP contribution in [-0.4, -0.2) is 45.3 Å². The molecule has 1 atom stereocenters. The lowest BCUT2D eigenvalue weighted by Gasteiger charge is -2.32. The van der Waals surface area contributed by atoms with Crippen LogP contribution in [0.4, 0.5) is 0 Å². The van der Waals surface area contributed by atoms with Gasteiger partial charge in [-0.15, -0.1) is 10.2 Å². The smallest absolute Gasteiger partial charge is 0.290 e. The van der Waals surface area contributed by atoms with Crippen molar-refractivity contribution in [3.63, 3.8) is 0 Å². The molecule has 1 aromatic carbocycles. The molecule has 0 aliphatic carbocycles. The summed E-state index contributed by atoms with van der Waals surface area (Å²) in [6, 6.07) is 7.70. The third kappa shape index (κ3) is 2.70. The van der Waals surface area contributed by atoms with Crippen molar-refractivity contribution >= 4 is 16.9 Å². The molecule has 1 aliphatic rings. The number of benzene rings is 1. The van der Waals surface area contributed by atoms with Gasteiger partial charge < -0.3 is 18.6 Å². The first-order valence-electron chi connectivity index (χ1n) is 8.45. The maximum Gasteiger partial charge on any atom is 0.290 e. The van der Waals surface area contributed by atoms with Crippen molar-refractivity contribution in [2.45, 2.75) is 26.5 Å². The number of rotatable bonds is 3. The fraction of sp³-hybridized carbons (Fsp3) is 0.389. The van der Waals surface area contributed by atoms with Crippen molar-refractivity contribution in [1.29, 1.82) is 0 Å². The number of hydrogen-bond donors (Lipinski definition) is 0. The molecule has 1 amide bonds. The summed E-state index contributed by atoms with van der Waals surface area (Å²) in [4.78, 5) is 14.8. The highest BCUT2D eigenvalue weighted by Gasteiger charge is 2.31. The van der Waals surface area contributed by atoms with E-state index in [1.165, 1.54) is 0 Å². The third-order valence-electron chi connectivity index (χ3n) is 4.67. The van der Waals surface area contributed by atoms with Gasteiger partial charge in [0.1, 0.15) is 18.0 Å². The van der Waals surface area contributed by atoms with Gasteiger partial charge in [0, 0.05) is 24.0 Å². The number of nitrogens with zero attached hydrogens (tertiary/aromatic N) is 4. The highest BCUT2D eigenvalue weighted by atomic mass is 16.5. The molecule has 1 aliphatic heterocycles. The number of para-hydroxylation sites is 1. The molecule has 4 rings (SSSR count). The highest BCUT2D eigenvalue weighted by molar-refractivity contribution is 5.98. The second kappa shape index (κ2) is 6.33. The van der Waals surface area contributed by atoms with Crippen LogP contribution in [0.5, 0.6) is 0 Å². The zero-order valence-electron chi connectivity index (χ0n) is 14.3. The lowest BCUT2D eigenvalue weighted by atomic mass is 10.1. The van der Waals surface area contributed by atoms with Crippen molar-refractivity contribution in [3.8, 4) is 0 Å². The van der Waals surface area contributed by atoms with Gasteiger partial charge in [0.15, 0.2) is 11.6 Å². The molecule has 0 bridgehead atoms. The minimum atomic E-state index is -0.273. The van der Waals surface area contributed by atoms with E-state index in [1.807, 2.05) is 42.7 Å². The Hall–Kier alpha value is -2.67. The summed E-state index contributed by atoms with van der Waals surface area (Å²) in [5.74, 6) is 1.05.